The molecule has 0 aliphatic carbocycles. The van der Waals surface area contributed by atoms with E-state index in [4.69, 9.17) is 4.74 Å². The highest BCUT2D eigenvalue weighted by atomic mass is 16.5. The third-order valence-electron chi connectivity index (χ3n) is 4.82. The van der Waals surface area contributed by atoms with Gasteiger partial charge in [0.25, 0.3) is 0 Å². The third kappa shape index (κ3) is 5.58. The van der Waals surface area contributed by atoms with Crippen LogP contribution in [0.5, 0.6) is 5.75 Å². The molecule has 0 bridgehead atoms. The van der Waals surface area contributed by atoms with Crippen molar-refractivity contribution in [3.05, 3.63) is 102 Å². The fourth-order valence-corrected chi connectivity index (χ4v) is 3.26. The number of allylic oxidation sites excluding steroid dienone is 1. The summed E-state index contributed by atoms with van der Waals surface area (Å²) < 4.78 is 6.04. The fraction of sp³-hybridized carbons (Fsp3) is 0.192. The van der Waals surface area contributed by atoms with Crippen molar-refractivity contribution in [3.8, 4) is 16.9 Å². The van der Waals surface area contributed by atoms with Gasteiger partial charge in [-0.2, -0.15) is 0 Å². The molecule has 1 atom stereocenters. The molecule has 0 radical (unpaired) electrons. The summed E-state index contributed by atoms with van der Waals surface area (Å²) in [4.78, 5) is 11.9. The van der Waals surface area contributed by atoms with Gasteiger partial charge in [-0.15, -0.1) is 6.58 Å². The van der Waals surface area contributed by atoms with Gasteiger partial charge in [-0.05, 0) is 54.7 Å². The summed E-state index contributed by atoms with van der Waals surface area (Å²) in [6, 6.07) is 23.9. The van der Waals surface area contributed by atoms with Gasteiger partial charge in [-0.25, -0.2) is 0 Å². The quantitative estimate of drug-likeness (QED) is 0.457. The molecule has 0 aliphatic rings. The molecular weight excluding hydrogens is 360 g/mol. The van der Waals surface area contributed by atoms with E-state index in [0.29, 0.717) is 18.8 Å². The van der Waals surface area contributed by atoms with E-state index >= 15 is 0 Å². The first-order valence-electron chi connectivity index (χ1n) is 9.68. The number of rotatable bonds is 8. The molecule has 3 nitrogen and oxygen atoms in total. The molecule has 3 heteroatoms. The van der Waals surface area contributed by atoms with Gasteiger partial charge in [-0.3, -0.25) is 4.79 Å². The minimum Gasteiger partial charge on any atom is -0.489 e. The van der Waals surface area contributed by atoms with E-state index < -0.39 is 11.9 Å². The Kier molecular flexibility index (Phi) is 6.50. The van der Waals surface area contributed by atoms with Crippen LogP contribution in [0.25, 0.3) is 11.1 Å². The van der Waals surface area contributed by atoms with Gasteiger partial charge in [0.15, 0.2) is 0 Å². The minimum atomic E-state index is -0.858. The lowest BCUT2D eigenvalue weighted by Crippen LogP contribution is -2.12. The van der Waals surface area contributed by atoms with Crippen molar-refractivity contribution < 1.29 is 14.6 Å². The van der Waals surface area contributed by atoms with Crippen molar-refractivity contribution in [3.63, 3.8) is 0 Å². The van der Waals surface area contributed by atoms with Crippen LogP contribution in [0.3, 0.4) is 0 Å². The second-order valence-corrected chi connectivity index (χ2v) is 7.48. The molecule has 0 aromatic heterocycles. The Labute approximate surface area is 172 Å². The number of benzene rings is 3. The van der Waals surface area contributed by atoms with Crippen molar-refractivity contribution in [2.75, 3.05) is 0 Å². The molecule has 3 aromatic rings. The van der Waals surface area contributed by atoms with E-state index in [-0.39, 0.29) is 0 Å². The number of hydrogen-bond acceptors (Lipinski definition) is 2. The molecular formula is C26H26O3. The van der Waals surface area contributed by atoms with E-state index in [1.54, 1.807) is 0 Å². The SMILES string of the molecule is C=C(C)CC(C(=O)O)c1cc(OCc2ccccc2)cc(-c2ccc(C)cc2)c1. The Morgan fingerprint density at radius 3 is 2.31 bits per heavy atom. The zero-order valence-electron chi connectivity index (χ0n) is 16.9. The number of carboxylic acids is 1. The van der Waals surface area contributed by atoms with E-state index in [2.05, 4.69) is 18.7 Å². The number of aliphatic carboxylic acids is 1. The second kappa shape index (κ2) is 9.24. The van der Waals surface area contributed by atoms with E-state index in [1.807, 2.05) is 74.5 Å². The van der Waals surface area contributed by atoms with Crippen LogP contribution in [0.15, 0.2) is 84.9 Å². The summed E-state index contributed by atoms with van der Waals surface area (Å²) >= 11 is 0. The zero-order valence-corrected chi connectivity index (χ0v) is 16.9. The van der Waals surface area contributed by atoms with Gasteiger partial charge in [-0.1, -0.05) is 71.8 Å². The van der Waals surface area contributed by atoms with Crippen molar-refractivity contribution in [1.82, 2.24) is 0 Å². The van der Waals surface area contributed by atoms with E-state index in [0.717, 1.165) is 27.8 Å². The van der Waals surface area contributed by atoms with Gasteiger partial charge in [0.1, 0.15) is 12.4 Å². The maximum Gasteiger partial charge on any atom is 0.311 e. The van der Waals surface area contributed by atoms with Crippen molar-refractivity contribution in [2.45, 2.75) is 32.8 Å². The van der Waals surface area contributed by atoms with Crippen molar-refractivity contribution in [2.24, 2.45) is 0 Å². The van der Waals surface area contributed by atoms with Gasteiger partial charge in [0.2, 0.25) is 0 Å². The number of carboxylic acid groups (broad SMARTS) is 1. The molecule has 0 spiro atoms. The van der Waals surface area contributed by atoms with Crippen LogP contribution in [0.4, 0.5) is 0 Å². The summed E-state index contributed by atoms with van der Waals surface area (Å²) in [5, 5.41) is 9.79. The van der Waals surface area contributed by atoms with Crippen LogP contribution in [0, 0.1) is 6.92 Å². The fourth-order valence-electron chi connectivity index (χ4n) is 3.26. The van der Waals surface area contributed by atoms with E-state index in [1.165, 1.54) is 5.56 Å². The topological polar surface area (TPSA) is 46.5 Å². The first-order valence-corrected chi connectivity index (χ1v) is 9.68. The van der Waals surface area contributed by atoms with Crippen molar-refractivity contribution >= 4 is 5.97 Å². The maximum absolute atomic E-state index is 11.9. The highest BCUT2D eigenvalue weighted by Gasteiger charge is 2.21. The van der Waals surface area contributed by atoms with Gasteiger partial charge >= 0.3 is 5.97 Å². The van der Waals surface area contributed by atoms with Crippen LogP contribution >= 0.6 is 0 Å². The number of hydrogen-bond donors (Lipinski definition) is 1. The molecule has 0 saturated heterocycles. The Hall–Kier alpha value is -3.33. The average Bonchev–Trinajstić information content (AvgIpc) is 2.71. The number of aryl methyl sites for hydroxylation is 1. The van der Waals surface area contributed by atoms with Crippen LogP contribution in [0.2, 0.25) is 0 Å². The Morgan fingerprint density at radius 2 is 1.69 bits per heavy atom. The summed E-state index contributed by atoms with van der Waals surface area (Å²) in [5.41, 5.74) is 5.77. The standard InChI is InChI=1S/C26H26O3/c1-18(2)13-25(26(27)28)23-14-22(21-11-9-19(3)10-12-21)15-24(16-23)29-17-20-7-5-4-6-8-20/h4-12,14-16,25H,1,13,17H2,2-3H3,(H,27,28). The minimum absolute atomic E-state index is 0.394. The van der Waals surface area contributed by atoms with Crippen LogP contribution in [-0.2, 0) is 11.4 Å². The predicted octanol–water partition coefficient (Wildman–Crippen LogP) is 6.38. The third-order valence-corrected chi connectivity index (χ3v) is 4.82. The first kappa shape index (κ1) is 20.4. The molecule has 3 rings (SSSR count). The normalized spacial score (nSPS) is 11.7. The monoisotopic (exact) mass is 386 g/mol. The molecule has 0 aliphatic heterocycles. The van der Waals surface area contributed by atoms with Crippen molar-refractivity contribution in [1.29, 1.82) is 0 Å². The highest BCUT2D eigenvalue weighted by molar-refractivity contribution is 5.78. The molecule has 0 heterocycles. The molecule has 148 valence electrons. The zero-order chi connectivity index (χ0) is 20.8. The number of carbonyl (C=O) groups is 1. The lowest BCUT2D eigenvalue weighted by molar-refractivity contribution is -0.138. The van der Waals surface area contributed by atoms with E-state index in [9.17, 15) is 9.90 Å². The lowest BCUT2D eigenvalue weighted by atomic mass is 9.90. The summed E-state index contributed by atoms with van der Waals surface area (Å²) in [6.45, 7) is 8.22. The molecule has 1 unspecified atom stereocenters. The van der Waals surface area contributed by atoms with Crippen LogP contribution in [-0.4, -0.2) is 11.1 Å². The first-order chi connectivity index (χ1) is 13.9. The lowest BCUT2D eigenvalue weighted by Gasteiger charge is -2.17. The summed E-state index contributed by atoms with van der Waals surface area (Å²) in [5.74, 6) is -0.852. The Bertz CT molecular complexity index is 988. The van der Waals surface area contributed by atoms with Crippen LogP contribution < -0.4 is 4.74 Å². The number of ether oxygens (including phenoxy) is 1. The second-order valence-electron chi connectivity index (χ2n) is 7.48. The predicted molar refractivity (Wildman–Crippen MR) is 117 cm³/mol. The Morgan fingerprint density at radius 1 is 1.00 bits per heavy atom. The van der Waals surface area contributed by atoms with Gasteiger partial charge in [0.05, 0.1) is 5.92 Å². The molecule has 0 amide bonds. The summed E-state index contributed by atoms with van der Waals surface area (Å²) in [6.07, 6.45) is 0.394. The van der Waals surface area contributed by atoms with Gasteiger partial charge in [0, 0.05) is 0 Å². The molecule has 0 fully saturated rings. The molecule has 1 N–H and O–H groups in total. The molecule has 0 saturated carbocycles. The van der Waals surface area contributed by atoms with Crippen LogP contribution in [0.1, 0.15) is 36.0 Å². The summed E-state index contributed by atoms with van der Waals surface area (Å²) in [7, 11) is 0. The average molecular weight is 386 g/mol. The highest BCUT2D eigenvalue weighted by Crippen LogP contribution is 2.33. The van der Waals surface area contributed by atoms with Gasteiger partial charge < -0.3 is 9.84 Å². The maximum atomic E-state index is 11.9. The Balaban J connectivity index is 1.99. The smallest absolute Gasteiger partial charge is 0.311 e. The molecule has 29 heavy (non-hydrogen) atoms. The molecule has 3 aromatic carbocycles. The largest absolute Gasteiger partial charge is 0.489 e.